The summed E-state index contributed by atoms with van der Waals surface area (Å²) in [7, 11) is 1.49. The zero-order valence-corrected chi connectivity index (χ0v) is 11.5. The van der Waals surface area contributed by atoms with Crippen LogP contribution in [0.1, 0.15) is 18.0 Å². The molecule has 1 unspecified atom stereocenters. The number of hydrogen-bond donors (Lipinski definition) is 3. The largest absolute Gasteiger partial charge is 0.493 e. The van der Waals surface area contributed by atoms with Gasteiger partial charge in [0.25, 0.3) is 0 Å². The lowest BCUT2D eigenvalue weighted by Gasteiger charge is -2.26. The Morgan fingerprint density at radius 3 is 2.86 bits per heavy atom. The van der Waals surface area contributed by atoms with E-state index in [1.54, 1.807) is 0 Å². The highest BCUT2D eigenvalue weighted by Gasteiger charge is 2.22. The van der Waals surface area contributed by atoms with E-state index in [-0.39, 0.29) is 18.0 Å². The molecule has 0 spiro atoms. The number of nitrogens with one attached hydrogen (secondary N) is 2. The first-order valence-corrected chi connectivity index (χ1v) is 6.55. The molecule has 110 valence electrons. The van der Waals surface area contributed by atoms with Crippen LogP contribution in [0, 0.1) is 0 Å². The highest BCUT2D eigenvalue weighted by molar-refractivity contribution is 5.43. The summed E-state index contributed by atoms with van der Waals surface area (Å²) < 4.78 is 10.7. The number of methoxy groups -OCH3 is 1. The molecule has 8 heteroatoms. The molecular weight excluding hydrogens is 272 g/mol. The van der Waals surface area contributed by atoms with Crippen LogP contribution in [0.15, 0.2) is 24.3 Å². The number of aromatic nitrogens is 3. The zero-order valence-electron chi connectivity index (χ0n) is 11.5. The third kappa shape index (κ3) is 2.79. The second kappa shape index (κ2) is 5.80. The SMILES string of the molecule is COc1nc(NN)nc(NC2CCOc3ccccc32)n1. The normalized spacial score (nSPS) is 16.6. The Morgan fingerprint density at radius 2 is 2.05 bits per heavy atom. The molecule has 2 heterocycles. The van der Waals surface area contributed by atoms with Crippen LogP contribution in [0.3, 0.4) is 0 Å². The van der Waals surface area contributed by atoms with E-state index >= 15 is 0 Å². The van der Waals surface area contributed by atoms with E-state index in [0.29, 0.717) is 12.6 Å². The molecule has 0 radical (unpaired) electrons. The Hall–Kier alpha value is -2.61. The molecular formula is C13H16N6O2. The van der Waals surface area contributed by atoms with Crippen LogP contribution in [-0.4, -0.2) is 28.7 Å². The molecule has 0 amide bonds. The third-order valence-electron chi connectivity index (χ3n) is 3.19. The minimum absolute atomic E-state index is 0.0627. The van der Waals surface area contributed by atoms with Crippen LogP contribution in [-0.2, 0) is 0 Å². The summed E-state index contributed by atoms with van der Waals surface area (Å²) in [6, 6.07) is 8.15. The van der Waals surface area contributed by atoms with Gasteiger partial charge in [-0.3, -0.25) is 5.43 Å². The van der Waals surface area contributed by atoms with Crippen LogP contribution in [0.2, 0.25) is 0 Å². The molecule has 1 aromatic carbocycles. The smallest absolute Gasteiger partial charge is 0.322 e. The lowest BCUT2D eigenvalue weighted by Crippen LogP contribution is -2.22. The Labute approximate surface area is 121 Å². The van der Waals surface area contributed by atoms with Crippen molar-refractivity contribution in [3.05, 3.63) is 29.8 Å². The van der Waals surface area contributed by atoms with Gasteiger partial charge in [0.15, 0.2) is 0 Å². The van der Waals surface area contributed by atoms with Crippen molar-refractivity contribution in [3.63, 3.8) is 0 Å². The molecule has 0 fully saturated rings. The minimum Gasteiger partial charge on any atom is -0.493 e. The van der Waals surface area contributed by atoms with Gasteiger partial charge in [0.1, 0.15) is 5.75 Å². The quantitative estimate of drug-likeness (QED) is 0.567. The van der Waals surface area contributed by atoms with E-state index < -0.39 is 0 Å². The van der Waals surface area contributed by atoms with Gasteiger partial charge in [-0.25, -0.2) is 5.84 Å². The zero-order chi connectivity index (χ0) is 14.7. The molecule has 4 N–H and O–H groups in total. The van der Waals surface area contributed by atoms with E-state index in [4.69, 9.17) is 15.3 Å². The summed E-state index contributed by atoms with van der Waals surface area (Å²) in [6.07, 6.45) is 0.816. The summed E-state index contributed by atoms with van der Waals surface area (Å²) in [4.78, 5) is 12.3. The van der Waals surface area contributed by atoms with Gasteiger partial charge >= 0.3 is 6.01 Å². The average Bonchev–Trinajstić information content (AvgIpc) is 2.55. The highest BCUT2D eigenvalue weighted by Crippen LogP contribution is 2.33. The van der Waals surface area contributed by atoms with E-state index in [1.165, 1.54) is 7.11 Å². The van der Waals surface area contributed by atoms with E-state index in [0.717, 1.165) is 17.7 Å². The molecule has 21 heavy (non-hydrogen) atoms. The van der Waals surface area contributed by atoms with Crippen molar-refractivity contribution in [1.82, 2.24) is 15.0 Å². The van der Waals surface area contributed by atoms with Gasteiger partial charge in [0, 0.05) is 12.0 Å². The number of nitrogens with zero attached hydrogens (tertiary/aromatic N) is 3. The predicted molar refractivity (Wildman–Crippen MR) is 77.1 cm³/mol. The molecule has 3 rings (SSSR count). The lowest BCUT2D eigenvalue weighted by atomic mass is 10.0. The van der Waals surface area contributed by atoms with Gasteiger partial charge in [-0.2, -0.15) is 15.0 Å². The third-order valence-corrected chi connectivity index (χ3v) is 3.19. The molecule has 2 aromatic rings. The number of ether oxygens (including phenoxy) is 2. The van der Waals surface area contributed by atoms with Crippen molar-refractivity contribution in [1.29, 1.82) is 0 Å². The van der Waals surface area contributed by atoms with Crippen LogP contribution in [0.4, 0.5) is 11.9 Å². The summed E-state index contributed by atoms with van der Waals surface area (Å²) in [5.41, 5.74) is 3.47. The fraction of sp³-hybridized carbons (Fsp3) is 0.308. The second-order valence-corrected chi connectivity index (χ2v) is 4.49. The first-order valence-electron chi connectivity index (χ1n) is 6.55. The molecule has 8 nitrogen and oxygen atoms in total. The van der Waals surface area contributed by atoms with Crippen LogP contribution >= 0.6 is 0 Å². The Bertz CT molecular complexity index is 614. The predicted octanol–water partition coefficient (Wildman–Crippen LogP) is 1.10. The van der Waals surface area contributed by atoms with Crippen molar-refractivity contribution in [2.45, 2.75) is 12.5 Å². The number of fused-ring (bicyclic) bond motifs is 1. The molecule has 0 bridgehead atoms. The Kier molecular flexibility index (Phi) is 3.69. The Morgan fingerprint density at radius 1 is 1.24 bits per heavy atom. The number of benzene rings is 1. The molecule has 1 atom stereocenters. The van der Waals surface area contributed by atoms with Gasteiger partial charge in [-0.15, -0.1) is 0 Å². The molecule has 0 saturated carbocycles. The molecule has 0 saturated heterocycles. The van der Waals surface area contributed by atoms with Crippen LogP contribution in [0.25, 0.3) is 0 Å². The summed E-state index contributed by atoms with van der Waals surface area (Å²) in [5, 5.41) is 3.27. The fourth-order valence-corrected chi connectivity index (χ4v) is 2.22. The van der Waals surface area contributed by atoms with E-state index in [2.05, 4.69) is 25.7 Å². The molecule has 1 aliphatic rings. The maximum atomic E-state index is 5.63. The number of hydrogen-bond acceptors (Lipinski definition) is 8. The summed E-state index contributed by atoms with van der Waals surface area (Å²) in [5.74, 6) is 6.86. The van der Waals surface area contributed by atoms with Crippen molar-refractivity contribution < 1.29 is 9.47 Å². The van der Waals surface area contributed by atoms with Crippen molar-refractivity contribution in [3.8, 4) is 11.8 Å². The standard InChI is InChI=1S/C13H16N6O2/c1-20-13-17-11(16-12(18-13)19-14)15-9-6-7-21-10-5-3-2-4-8(9)10/h2-5,9H,6-7,14H2,1H3,(H2,15,16,17,18,19). The molecule has 1 aromatic heterocycles. The first kappa shape index (κ1) is 13.4. The number of anilines is 2. The lowest BCUT2D eigenvalue weighted by molar-refractivity contribution is 0.274. The summed E-state index contributed by atoms with van der Waals surface area (Å²) in [6.45, 7) is 0.638. The second-order valence-electron chi connectivity index (χ2n) is 4.49. The van der Waals surface area contributed by atoms with Gasteiger partial charge in [0.05, 0.1) is 19.8 Å². The Balaban J connectivity index is 1.87. The number of rotatable bonds is 4. The maximum absolute atomic E-state index is 5.63. The molecule has 0 aliphatic carbocycles. The van der Waals surface area contributed by atoms with Crippen molar-refractivity contribution in [2.75, 3.05) is 24.5 Å². The van der Waals surface area contributed by atoms with Gasteiger partial charge in [-0.05, 0) is 6.07 Å². The maximum Gasteiger partial charge on any atom is 0.322 e. The van der Waals surface area contributed by atoms with E-state index in [1.807, 2.05) is 24.3 Å². The van der Waals surface area contributed by atoms with Gasteiger partial charge in [0.2, 0.25) is 11.9 Å². The number of nitrogens with two attached hydrogens (primary N) is 1. The summed E-state index contributed by atoms with van der Waals surface area (Å²) >= 11 is 0. The highest BCUT2D eigenvalue weighted by atomic mass is 16.5. The number of nitrogen functional groups attached to an aromatic ring is 1. The van der Waals surface area contributed by atoms with Gasteiger partial charge in [-0.1, -0.05) is 18.2 Å². The van der Waals surface area contributed by atoms with Crippen molar-refractivity contribution >= 4 is 11.9 Å². The van der Waals surface area contributed by atoms with E-state index in [9.17, 15) is 0 Å². The van der Waals surface area contributed by atoms with Crippen LogP contribution < -0.4 is 26.1 Å². The molecule has 1 aliphatic heterocycles. The topological polar surface area (TPSA) is 107 Å². The number of hydrazine groups is 1. The minimum atomic E-state index is 0.0627. The van der Waals surface area contributed by atoms with Crippen molar-refractivity contribution in [2.24, 2.45) is 5.84 Å². The first-order chi connectivity index (χ1) is 10.3. The van der Waals surface area contributed by atoms with Crippen LogP contribution in [0.5, 0.6) is 11.8 Å². The monoisotopic (exact) mass is 288 g/mol. The van der Waals surface area contributed by atoms with Gasteiger partial charge < -0.3 is 14.8 Å². The average molecular weight is 288 g/mol. The fourth-order valence-electron chi connectivity index (χ4n) is 2.22. The number of para-hydroxylation sites is 1.